The van der Waals surface area contributed by atoms with Crippen LogP contribution in [-0.4, -0.2) is 40.2 Å². The lowest BCUT2D eigenvalue weighted by molar-refractivity contribution is -0.00702. The highest BCUT2D eigenvalue weighted by atomic mass is 16.5. The second-order valence-electron chi connectivity index (χ2n) is 7.68. The van der Waals surface area contributed by atoms with Crippen LogP contribution in [0.25, 0.3) is 0 Å². The molecule has 1 aliphatic heterocycles. The van der Waals surface area contributed by atoms with Crippen molar-refractivity contribution in [3.05, 3.63) is 17.0 Å². The minimum atomic E-state index is -0.00820. The van der Waals surface area contributed by atoms with Crippen LogP contribution in [-0.2, 0) is 11.2 Å². The van der Waals surface area contributed by atoms with Gasteiger partial charge in [-0.25, -0.2) is 0 Å². The first kappa shape index (κ1) is 15.2. The number of H-pyrrole nitrogens is 1. The van der Waals surface area contributed by atoms with Gasteiger partial charge in [0.1, 0.15) is 0 Å². The topological polar surface area (TPSA) is 58.2 Å². The number of nitrogens with one attached hydrogen (secondary N) is 1. The Hall–Kier alpha value is -1.36. The number of carbonyl (C=O) groups is 1. The predicted molar refractivity (Wildman–Crippen MR) is 87.2 cm³/mol. The smallest absolute Gasteiger partial charge is 0.274 e. The van der Waals surface area contributed by atoms with Crippen molar-refractivity contribution in [1.82, 2.24) is 15.1 Å². The van der Waals surface area contributed by atoms with Crippen molar-refractivity contribution >= 4 is 5.91 Å². The van der Waals surface area contributed by atoms with E-state index in [1.165, 1.54) is 25.7 Å². The van der Waals surface area contributed by atoms with Gasteiger partial charge in [-0.1, -0.05) is 12.8 Å². The second kappa shape index (κ2) is 5.93. The van der Waals surface area contributed by atoms with E-state index in [1.54, 1.807) is 0 Å². The summed E-state index contributed by atoms with van der Waals surface area (Å²) in [7, 11) is 0. The summed E-state index contributed by atoms with van der Waals surface area (Å²) in [6.07, 6.45) is 7.29. The number of rotatable bonds is 6. The summed E-state index contributed by atoms with van der Waals surface area (Å²) in [5.41, 5.74) is 2.70. The van der Waals surface area contributed by atoms with Gasteiger partial charge in [0.15, 0.2) is 5.69 Å². The van der Waals surface area contributed by atoms with Crippen LogP contribution in [0.15, 0.2) is 0 Å². The van der Waals surface area contributed by atoms with Crippen molar-refractivity contribution < 1.29 is 9.53 Å². The van der Waals surface area contributed by atoms with E-state index < -0.39 is 0 Å². The molecule has 0 saturated heterocycles. The van der Waals surface area contributed by atoms with Crippen molar-refractivity contribution in [3.63, 3.8) is 0 Å². The average Bonchev–Trinajstić information content (AvgIpc) is 3.42. The zero-order valence-corrected chi connectivity index (χ0v) is 14.2. The van der Waals surface area contributed by atoms with Gasteiger partial charge in [-0.15, -0.1) is 0 Å². The van der Waals surface area contributed by atoms with Gasteiger partial charge in [0.2, 0.25) is 0 Å². The Morgan fingerprint density at radius 3 is 2.70 bits per heavy atom. The molecule has 1 N–H and O–H groups in total. The highest BCUT2D eigenvalue weighted by molar-refractivity contribution is 5.94. The molecular formula is C18H27N3O2. The van der Waals surface area contributed by atoms with Gasteiger partial charge in [-0.05, 0) is 44.9 Å². The third-order valence-corrected chi connectivity index (χ3v) is 5.40. The molecule has 2 atom stereocenters. The molecule has 1 aromatic rings. The van der Waals surface area contributed by atoms with Crippen LogP contribution in [0.2, 0.25) is 0 Å². The predicted octanol–water partition coefficient (Wildman–Crippen LogP) is 3.08. The maximum absolute atomic E-state index is 13.1. The Morgan fingerprint density at radius 1 is 1.26 bits per heavy atom. The molecule has 2 aliphatic carbocycles. The molecule has 2 heterocycles. The largest absolute Gasteiger partial charge is 0.369 e. The summed E-state index contributed by atoms with van der Waals surface area (Å²) in [5, 5.41) is 7.43. The molecule has 126 valence electrons. The molecule has 3 aliphatic rings. The Morgan fingerprint density at radius 2 is 2.00 bits per heavy atom. The van der Waals surface area contributed by atoms with Crippen LogP contribution >= 0.6 is 0 Å². The minimum absolute atomic E-state index is 0.00820. The average molecular weight is 317 g/mol. The SMILES string of the molecule is C[C@@H]1Cc2c(C(=O)N(CCC3CC3)CC3CC3)n[nH]c2[C@H](C)O1. The highest BCUT2D eigenvalue weighted by Crippen LogP contribution is 2.35. The van der Waals surface area contributed by atoms with E-state index in [9.17, 15) is 4.79 Å². The monoisotopic (exact) mass is 317 g/mol. The molecule has 2 saturated carbocycles. The fourth-order valence-corrected chi connectivity index (χ4v) is 3.63. The Kier molecular flexibility index (Phi) is 3.92. The fraction of sp³-hybridized carbons (Fsp3) is 0.778. The van der Waals surface area contributed by atoms with Crippen molar-refractivity contribution in [1.29, 1.82) is 0 Å². The summed E-state index contributed by atoms with van der Waals surface area (Å²) in [4.78, 5) is 15.2. The standard InChI is InChI=1S/C18H27N3O2/c1-11-9-15-16(12(2)23-11)19-20-17(15)18(22)21(10-14-5-6-14)8-7-13-3-4-13/h11-14H,3-10H2,1-2H3,(H,19,20)/t11-,12+/m1/s1. The molecule has 2 fully saturated rings. The fourth-order valence-electron chi connectivity index (χ4n) is 3.63. The van der Waals surface area contributed by atoms with Crippen LogP contribution in [0, 0.1) is 11.8 Å². The highest BCUT2D eigenvalue weighted by Gasteiger charge is 2.34. The van der Waals surface area contributed by atoms with Crippen LogP contribution in [0.1, 0.15) is 73.8 Å². The van der Waals surface area contributed by atoms with Crippen LogP contribution in [0.3, 0.4) is 0 Å². The van der Waals surface area contributed by atoms with Crippen molar-refractivity contribution in [2.24, 2.45) is 11.8 Å². The van der Waals surface area contributed by atoms with Gasteiger partial charge in [0, 0.05) is 25.1 Å². The van der Waals surface area contributed by atoms with Crippen LogP contribution < -0.4 is 0 Å². The van der Waals surface area contributed by atoms with Crippen molar-refractivity contribution in [3.8, 4) is 0 Å². The number of nitrogens with zero attached hydrogens (tertiary/aromatic N) is 2. The van der Waals surface area contributed by atoms with E-state index in [0.717, 1.165) is 43.1 Å². The lowest BCUT2D eigenvalue weighted by Gasteiger charge is -2.26. The maximum atomic E-state index is 13.1. The minimum Gasteiger partial charge on any atom is -0.369 e. The quantitative estimate of drug-likeness (QED) is 0.877. The summed E-state index contributed by atoms with van der Waals surface area (Å²) in [6.45, 7) is 5.89. The first-order valence-corrected chi connectivity index (χ1v) is 9.13. The molecule has 0 radical (unpaired) electrons. The number of hydrogen-bond acceptors (Lipinski definition) is 3. The molecule has 1 aromatic heterocycles. The number of aromatic amines is 1. The second-order valence-corrected chi connectivity index (χ2v) is 7.68. The van der Waals surface area contributed by atoms with Crippen LogP contribution in [0.5, 0.6) is 0 Å². The van der Waals surface area contributed by atoms with Gasteiger partial charge in [0.25, 0.3) is 5.91 Å². The zero-order chi connectivity index (χ0) is 16.0. The number of hydrogen-bond donors (Lipinski definition) is 1. The normalized spacial score (nSPS) is 26.9. The number of amides is 1. The number of ether oxygens (including phenoxy) is 1. The molecule has 0 spiro atoms. The number of aromatic nitrogens is 2. The van der Waals surface area contributed by atoms with Gasteiger partial charge in [0.05, 0.1) is 17.9 Å². The first-order chi connectivity index (χ1) is 11.1. The van der Waals surface area contributed by atoms with Crippen LogP contribution in [0.4, 0.5) is 0 Å². The van der Waals surface area contributed by atoms with E-state index >= 15 is 0 Å². The molecule has 5 heteroatoms. The third-order valence-electron chi connectivity index (χ3n) is 5.40. The zero-order valence-electron chi connectivity index (χ0n) is 14.2. The number of fused-ring (bicyclic) bond motifs is 1. The van der Waals surface area contributed by atoms with E-state index in [1.807, 2.05) is 6.92 Å². The molecule has 4 rings (SSSR count). The van der Waals surface area contributed by atoms with E-state index in [2.05, 4.69) is 22.0 Å². The molecular weight excluding hydrogens is 290 g/mol. The maximum Gasteiger partial charge on any atom is 0.274 e. The van der Waals surface area contributed by atoms with Gasteiger partial charge in [-0.2, -0.15) is 5.10 Å². The molecule has 1 amide bonds. The van der Waals surface area contributed by atoms with Crippen molar-refractivity contribution in [2.45, 2.75) is 64.6 Å². The van der Waals surface area contributed by atoms with E-state index in [-0.39, 0.29) is 18.1 Å². The molecule has 0 unspecified atom stereocenters. The Balaban J connectivity index is 1.53. The first-order valence-electron chi connectivity index (χ1n) is 9.13. The molecule has 0 aromatic carbocycles. The van der Waals surface area contributed by atoms with Gasteiger partial charge < -0.3 is 9.64 Å². The molecule has 0 bridgehead atoms. The summed E-state index contributed by atoms with van der Waals surface area (Å²) in [6, 6.07) is 0. The number of carbonyl (C=O) groups excluding carboxylic acids is 1. The Bertz CT molecular complexity index is 589. The van der Waals surface area contributed by atoms with Gasteiger partial charge >= 0.3 is 0 Å². The lowest BCUT2D eigenvalue weighted by Crippen LogP contribution is -2.35. The van der Waals surface area contributed by atoms with Gasteiger partial charge in [-0.3, -0.25) is 9.89 Å². The summed E-state index contributed by atoms with van der Waals surface area (Å²) >= 11 is 0. The van der Waals surface area contributed by atoms with E-state index in [0.29, 0.717) is 11.6 Å². The Labute approximate surface area is 137 Å². The van der Waals surface area contributed by atoms with E-state index in [4.69, 9.17) is 4.74 Å². The third kappa shape index (κ3) is 3.30. The van der Waals surface area contributed by atoms with Crippen molar-refractivity contribution in [2.75, 3.05) is 13.1 Å². The molecule has 23 heavy (non-hydrogen) atoms. The lowest BCUT2D eigenvalue weighted by atomic mass is 9.99. The molecule has 5 nitrogen and oxygen atoms in total. The summed E-state index contributed by atoms with van der Waals surface area (Å²) in [5.74, 6) is 1.69. The summed E-state index contributed by atoms with van der Waals surface area (Å²) < 4.78 is 5.83.